The van der Waals surface area contributed by atoms with Crippen molar-refractivity contribution in [3.8, 4) is 0 Å². The quantitative estimate of drug-likeness (QED) is 0.860. The van der Waals surface area contributed by atoms with Crippen LogP contribution in [0.4, 0.5) is 0 Å². The molecule has 1 N–H and O–H groups in total. The van der Waals surface area contributed by atoms with Crippen molar-refractivity contribution >= 4 is 12.0 Å². The van der Waals surface area contributed by atoms with E-state index in [4.69, 9.17) is 0 Å². The molecule has 0 bridgehead atoms. The summed E-state index contributed by atoms with van der Waals surface area (Å²) in [6.07, 6.45) is 8.98. The van der Waals surface area contributed by atoms with Gasteiger partial charge in [0.2, 0.25) is 5.91 Å². The number of aryl methyl sites for hydroxylation is 1. The van der Waals surface area contributed by atoms with Gasteiger partial charge in [-0.1, -0.05) is 12.8 Å². The first kappa shape index (κ1) is 15.8. The first-order valence-corrected chi connectivity index (χ1v) is 7.59. The molecule has 2 rings (SSSR count). The van der Waals surface area contributed by atoms with Crippen LogP contribution in [0.25, 0.3) is 6.08 Å². The molecule has 0 aliphatic heterocycles. The number of aromatic nitrogens is 2. The monoisotopic (exact) mass is 291 g/mol. The van der Waals surface area contributed by atoms with E-state index in [1.807, 2.05) is 14.0 Å². The number of hydrogen-bond acceptors (Lipinski definition) is 3. The molecule has 1 amide bonds. The third-order valence-corrected chi connectivity index (χ3v) is 4.43. The van der Waals surface area contributed by atoms with Crippen LogP contribution in [0.3, 0.4) is 0 Å². The van der Waals surface area contributed by atoms with Crippen LogP contribution in [-0.2, 0) is 11.8 Å². The minimum Gasteiger partial charge on any atom is -0.393 e. The second-order valence-corrected chi connectivity index (χ2v) is 5.97. The summed E-state index contributed by atoms with van der Waals surface area (Å²) in [5.74, 6) is 0.178. The molecule has 0 aromatic carbocycles. The lowest BCUT2D eigenvalue weighted by Gasteiger charge is -2.30. The number of carbonyl (C=O) groups is 1. The van der Waals surface area contributed by atoms with Gasteiger partial charge in [-0.2, -0.15) is 5.10 Å². The van der Waals surface area contributed by atoms with Crippen LogP contribution in [0, 0.1) is 12.8 Å². The molecule has 0 radical (unpaired) electrons. The highest BCUT2D eigenvalue weighted by atomic mass is 16.3. The van der Waals surface area contributed by atoms with Gasteiger partial charge in [0, 0.05) is 43.9 Å². The first-order valence-electron chi connectivity index (χ1n) is 7.59. The lowest BCUT2D eigenvalue weighted by atomic mass is 9.86. The van der Waals surface area contributed by atoms with Gasteiger partial charge < -0.3 is 10.0 Å². The van der Waals surface area contributed by atoms with E-state index < -0.39 is 0 Å². The van der Waals surface area contributed by atoms with Crippen molar-refractivity contribution in [2.24, 2.45) is 13.0 Å². The van der Waals surface area contributed by atoms with Crippen LogP contribution in [0.15, 0.2) is 12.3 Å². The van der Waals surface area contributed by atoms with Gasteiger partial charge in [-0.3, -0.25) is 9.48 Å². The number of carbonyl (C=O) groups excluding carboxylic acids is 1. The molecule has 0 saturated heterocycles. The second-order valence-electron chi connectivity index (χ2n) is 5.97. The van der Waals surface area contributed by atoms with Crippen LogP contribution in [0.1, 0.15) is 36.9 Å². The van der Waals surface area contributed by atoms with E-state index in [-0.39, 0.29) is 17.9 Å². The lowest BCUT2D eigenvalue weighted by Crippen LogP contribution is -2.37. The maximum atomic E-state index is 12.1. The summed E-state index contributed by atoms with van der Waals surface area (Å²) < 4.78 is 1.78. The average Bonchev–Trinajstić information content (AvgIpc) is 2.78. The zero-order chi connectivity index (χ0) is 15.4. The van der Waals surface area contributed by atoms with Crippen LogP contribution in [0.2, 0.25) is 0 Å². The summed E-state index contributed by atoms with van der Waals surface area (Å²) in [5, 5.41) is 14.1. The number of rotatable bonds is 4. The molecule has 0 spiro atoms. The zero-order valence-corrected chi connectivity index (χ0v) is 13.1. The number of likely N-dealkylation sites (N-methyl/N-ethyl adjacent to an activating group) is 1. The zero-order valence-electron chi connectivity index (χ0n) is 13.1. The molecule has 5 heteroatoms. The average molecular weight is 291 g/mol. The maximum absolute atomic E-state index is 12.1. The fourth-order valence-corrected chi connectivity index (χ4v) is 2.81. The molecule has 1 saturated carbocycles. The number of hydrogen-bond donors (Lipinski definition) is 1. The van der Waals surface area contributed by atoms with Crippen molar-refractivity contribution < 1.29 is 9.90 Å². The van der Waals surface area contributed by atoms with Crippen LogP contribution in [0.5, 0.6) is 0 Å². The Morgan fingerprint density at radius 2 is 2.24 bits per heavy atom. The minimum atomic E-state index is -0.265. The van der Waals surface area contributed by atoms with Gasteiger partial charge in [-0.05, 0) is 25.8 Å². The lowest BCUT2D eigenvalue weighted by molar-refractivity contribution is -0.126. The molecular formula is C16H25N3O2. The molecule has 1 heterocycles. The van der Waals surface area contributed by atoms with Crippen molar-refractivity contribution in [1.82, 2.24) is 14.7 Å². The molecule has 1 aromatic heterocycles. The van der Waals surface area contributed by atoms with Crippen molar-refractivity contribution in [2.45, 2.75) is 38.7 Å². The van der Waals surface area contributed by atoms with E-state index >= 15 is 0 Å². The van der Waals surface area contributed by atoms with E-state index in [1.54, 1.807) is 35.0 Å². The molecule has 1 aromatic rings. The van der Waals surface area contributed by atoms with Crippen molar-refractivity contribution in [1.29, 1.82) is 0 Å². The summed E-state index contributed by atoms with van der Waals surface area (Å²) >= 11 is 0. The number of amides is 1. The highest BCUT2D eigenvalue weighted by Crippen LogP contribution is 2.24. The summed E-state index contributed by atoms with van der Waals surface area (Å²) in [4.78, 5) is 13.8. The number of aliphatic hydroxyl groups excluding tert-OH is 1. The fraction of sp³-hybridized carbons (Fsp3) is 0.625. The van der Waals surface area contributed by atoms with Gasteiger partial charge in [-0.25, -0.2) is 0 Å². The molecular weight excluding hydrogens is 266 g/mol. The summed E-state index contributed by atoms with van der Waals surface area (Å²) in [5.41, 5.74) is 1.99. The van der Waals surface area contributed by atoms with Gasteiger partial charge in [0.1, 0.15) is 0 Å². The fourth-order valence-electron chi connectivity index (χ4n) is 2.81. The largest absolute Gasteiger partial charge is 0.393 e. The van der Waals surface area contributed by atoms with E-state index in [0.717, 1.165) is 36.9 Å². The predicted molar refractivity (Wildman–Crippen MR) is 82.6 cm³/mol. The maximum Gasteiger partial charge on any atom is 0.246 e. The second kappa shape index (κ2) is 6.89. The first-order chi connectivity index (χ1) is 9.99. The topological polar surface area (TPSA) is 58.4 Å². The Hall–Kier alpha value is -1.62. The molecule has 5 nitrogen and oxygen atoms in total. The smallest absolute Gasteiger partial charge is 0.246 e. The summed E-state index contributed by atoms with van der Waals surface area (Å²) in [6, 6.07) is 0. The Labute approximate surface area is 126 Å². The third-order valence-electron chi connectivity index (χ3n) is 4.43. The Morgan fingerprint density at radius 1 is 1.52 bits per heavy atom. The van der Waals surface area contributed by atoms with Crippen molar-refractivity contribution in [2.75, 3.05) is 13.6 Å². The van der Waals surface area contributed by atoms with Gasteiger partial charge >= 0.3 is 0 Å². The minimum absolute atomic E-state index is 0.0315. The van der Waals surface area contributed by atoms with Crippen LogP contribution in [-0.4, -0.2) is 45.4 Å². The Bertz CT molecular complexity index is 522. The van der Waals surface area contributed by atoms with Crippen molar-refractivity contribution in [3.63, 3.8) is 0 Å². The molecule has 2 atom stereocenters. The van der Waals surface area contributed by atoms with Crippen molar-refractivity contribution in [3.05, 3.63) is 23.5 Å². The molecule has 1 aliphatic rings. The SMILES string of the molecule is Cc1c(/C=C/C(=O)N(C)CC2CCCCC2O)cnn1C. The molecule has 21 heavy (non-hydrogen) atoms. The predicted octanol–water partition coefficient (Wildman–Crippen LogP) is 1.75. The van der Waals surface area contributed by atoms with Gasteiger partial charge in [0.15, 0.2) is 0 Å². The Balaban J connectivity index is 1.91. The third kappa shape index (κ3) is 3.94. The summed E-state index contributed by atoms with van der Waals surface area (Å²) in [7, 11) is 3.68. The van der Waals surface area contributed by atoms with Gasteiger partial charge in [0.05, 0.1) is 12.3 Å². The van der Waals surface area contributed by atoms with E-state index in [0.29, 0.717) is 6.54 Å². The molecule has 116 valence electrons. The van der Waals surface area contributed by atoms with Crippen LogP contribution >= 0.6 is 0 Å². The number of aliphatic hydroxyl groups is 1. The Kier molecular flexibility index (Phi) is 5.17. The standard InChI is InChI=1S/C16H25N3O2/c1-12-13(10-17-19(12)3)8-9-16(21)18(2)11-14-6-4-5-7-15(14)20/h8-10,14-15,20H,4-7,11H2,1-3H3/b9-8+. The highest BCUT2D eigenvalue weighted by molar-refractivity contribution is 5.91. The van der Waals surface area contributed by atoms with Crippen LogP contribution < -0.4 is 0 Å². The number of nitrogens with zero attached hydrogens (tertiary/aromatic N) is 3. The summed E-state index contributed by atoms with van der Waals surface area (Å²) in [6.45, 7) is 2.59. The van der Waals surface area contributed by atoms with Gasteiger partial charge in [0.25, 0.3) is 0 Å². The molecule has 1 fully saturated rings. The van der Waals surface area contributed by atoms with E-state index in [9.17, 15) is 9.90 Å². The Morgan fingerprint density at radius 3 is 2.86 bits per heavy atom. The molecule has 2 unspecified atom stereocenters. The van der Waals surface area contributed by atoms with E-state index in [2.05, 4.69) is 5.10 Å². The van der Waals surface area contributed by atoms with Gasteiger partial charge in [-0.15, -0.1) is 0 Å². The molecule has 1 aliphatic carbocycles. The highest BCUT2D eigenvalue weighted by Gasteiger charge is 2.25. The van der Waals surface area contributed by atoms with E-state index in [1.165, 1.54) is 0 Å². The normalized spacial score (nSPS) is 22.7.